The first kappa shape index (κ1) is 12.6. The molecule has 1 aromatic rings. The van der Waals surface area contributed by atoms with Gasteiger partial charge in [0.05, 0.1) is 7.11 Å². The summed E-state index contributed by atoms with van der Waals surface area (Å²) < 4.78 is 5.25. The average molecular weight is 221 g/mol. The van der Waals surface area contributed by atoms with Gasteiger partial charge in [0.1, 0.15) is 5.75 Å². The molecule has 88 valence electrons. The molecule has 3 nitrogen and oxygen atoms in total. The summed E-state index contributed by atoms with van der Waals surface area (Å²) in [5.74, 6) is 0.972. The lowest BCUT2D eigenvalue weighted by Crippen LogP contribution is -2.23. The van der Waals surface area contributed by atoms with Gasteiger partial charge >= 0.3 is 0 Å². The second kappa shape index (κ2) is 5.01. The van der Waals surface area contributed by atoms with Crippen molar-refractivity contribution in [3.05, 3.63) is 28.8 Å². The first-order valence-electron chi connectivity index (χ1n) is 5.31. The Balaban J connectivity index is 2.98. The molecule has 0 aliphatic carbocycles. The van der Waals surface area contributed by atoms with Crippen molar-refractivity contribution in [2.24, 2.45) is 0 Å². The maximum Gasteiger partial charge on any atom is 0.219 e. The summed E-state index contributed by atoms with van der Waals surface area (Å²) in [5.41, 5.74) is 3.41. The Kier molecular flexibility index (Phi) is 3.93. The second-order valence-corrected chi connectivity index (χ2v) is 4.12. The minimum Gasteiger partial charge on any atom is -0.496 e. The van der Waals surface area contributed by atoms with Gasteiger partial charge in [-0.05, 0) is 36.6 Å². The average Bonchev–Trinajstić information content (AvgIpc) is 2.22. The molecule has 16 heavy (non-hydrogen) atoms. The van der Waals surface area contributed by atoms with Crippen LogP contribution in [0.25, 0.3) is 0 Å². The fourth-order valence-corrected chi connectivity index (χ4v) is 1.61. The maximum absolute atomic E-state index is 11.2. The lowest BCUT2D eigenvalue weighted by molar-refractivity contribution is -0.128. The lowest BCUT2D eigenvalue weighted by atomic mass is 10.0. The number of methoxy groups -OCH3 is 1. The number of ether oxygens (including phenoxy) is 1. The number of nitrogens with zero attached hydrogens (tertiary/aromatic N) is 1. The number of amides is 1. The fraction of sp³-hybridized carbons (Fsp3) is 0.462. The van der Waals surface area contributed by atoms with Gasteiger partial charge in [-0.2, -0.15) is 0 Å². The highest BCUT2D eigenvalue weighted by atomic mass is 16.5. The molecule has 0 spiro atoms. The van der Waals surface area contributed by atoms with Crippen LogP contribution in [-0.4, -0.2) is 25.0 Å². The molecule has 1 amide bonds. The van der Waals surface area contributed by atoms with Gasteiger partial charge in [-0.15, -0.1) is 0 Å². The lowest BCUT2D eigenvalue weighted by Gasteiger charge is -2.18. The number of benzene rings is 1. The van der Waals surface area contributed by atoms with E-state index in [1.165, 1.54) is 0 Å². The van der Waals surface area contributed by atoms with Crippen LogP contribution in [0.5, 0.6) is 5.75 Å². The van der Waals surface area contributed by atoms with Crippen LogP contribution in [0.3, 0.4) is 0 Å². The molecule has 0 N–H and O–H groups in total. The summed E-state index contributed by atoms with van der Waals surface area (Å²) in [6.07, 6.45) is 0. The molecule has 0 bridgehead atoms. The summed E-state index contributed by atoms with van der Waals surface area (Å²) in [6, 6.07) is 4.09. The first-order chi connectivity index (χ1) is 7.45. The standard InChI is InChI=1S/C13H19NO2/c1-9-7-13(16-5)10(2)6-12(9)8-14(4)11(3)15/h6-7H,8H2,1-5H3. The van der Waals surface area contributed by atoms with Crippen LogP contribution < -0.4 is 4.74 Å². The summed E-state index contributed by atoms with van der Waals surface area (Å²) >= 11 is 0. The highest BCUT2D eigenvalue weighted by Crippen LogP contribution is 2.23. The quantitative estimate of drug-likeness (QED) is 0.783. The summed E-state index contributed by atoms with van der Waals surface area (Å²) in [5, 5.41) is 0. The molecule has 0 aliphatic rings. The van der Waals surface area contributed by atoms with Crippen molar-refractivity contribution in [3.63, 3.8) is 0 Å². The van der Waals surface area contributed by atoms with Crippen molar-refractivity contribution in [2.45, 2.75) is 27.3 Å². The monoisotopic (exact) mass is 221 g/mol. The zero-order valence-electron chi connectivity index (χ0n) is 10.6. The topological polar surface area (TPSA) is 29.5 Å². The van der Waals surface area contributed by atoms with Crippen molar-refractivity contribution in [3.8, 4) is 5.75 Å². The van der Waals surface area contributed by atoms with Crippen LogP contribution in [0, 0.1) is 13.8 Å². The third kappa shape index (κ3) is 2.75. The minimum atomic E-state index is 0.0767. The number of hydrogen-bond donors (Lipinski definition) is 0. The molecule has 0 saturated carbocycles. The molecule has 0 atom stereocenters. The third-order valence-corrected chi connectivity index (χ3v) is 2.80. The molecule has 0 unspecified atom stereocenters. The van der Waals surface area contributed by atoms with E-state index >= 15 is 0 Å². The molecule has 1 rings (SSSR count). The Morgan fingerprint density at radius 3 is 2.44 bits per heavy atom. The van der Waals surface area contributed by atoms with Crippen molar-refractivity contribution in [2.75, 3.05) is 14.2 Å². The number of aryl methyl sites for hydroxylation is 2. The van der Waals surface area contributed by atoms with E-state index < -0.39 is 0 Å². The summed E-state index contributed by atoms with van der Waals surface area (Å²) in [7, 11) is 3.48. The molecule has 3 heteroatoms. The van der Waals surface area contributed by atoms with Crippen LogP contribution in [0.4, 0.5) is 0 Å². The van der Waals surface area contributed by atoms with Crippen LogP contribution in [0.1, 0.15) is 23.6 Å². The van der Waals surface area contributed by atoms with Crippen LogP contribution in [0.15, 0.2) is 12.1 Å². The van der Waals surface area contributed by atoms with Crippen molar-refractivity contribution in [1.29, 1.82) is 0 Å². The van der Waals surface area contributed by atoms with Crippen molar-refractivity contribution >= 4 is 5.91 Å². The van der Waals surface area contributed by atoms with E-state index in [1.54, 1.807) is 26.0 Å². The predicted octanol–water partition coefficient (Wildman–Crippen LogP) is 2.29. The van der Waals surface area contributed by atoms with Gasteiger partial charge in [0.2, 0.25) is 5.91 Å². The third-order valence-electron chi connectivity index (χ3n) is 2.80. The second-order valence-electron chi connectivity index (χ2n) is 4.12. The highest BCUT2D eigenvalue weighted by Gasteiger charge is 2.08. The van der Waals surface area contributed by atoms with Gasteiger partial charge in [0.25, 0.3) is 0 Å². The Morgan fingerprint density at radius 1 is 1.31 bits per heavy atom. The largest absolute Gasteiger partial charge is 0.496 e. The van der Waals surface area contributed by atoms with Crippen LogP contribution >= 0.6 is 0 Å². The molecule has 0 heterocycles. The Hall–Kier alpha value is -1.51. The molecular weight excluding hydrogens is 202 g/mol. The van der Waals surface area contributed by atoms with E-state index in [0.717, 1.165) is 22.4 Å². The van der Waals surface area contributed by atoms with E-state index in [9.17, 15) is 4.79 Å². The van der Waals surface area contributed by atoms with Gasteiger partial charge < -0.3 is 9.64 Å². The minimum absolute atomic E-state index is 0.0767. The maximum atomic E-state index is 11.2. The van der Waals surface area contributed by atoms with Gasteiger partial charge in [0.15, 0.2) is 0 Å². The van der Waals surface area contributed by atoms with Crippen LogP contribution in [-0.2, 0) is 11.3 Å². The normalized spacial score (nSPS) is 10.1. The zero-order valence-corrected chi connectivity index (χ0v) is 10.6. The smallest absolute Gasteiger partial charge is 0.219 e. The SMILES string of the molecule is COc1cc(C)c(CN(C)C(C)=O)cc1C. The Bertz CT molecular complexity index is 399. The Labute approximate surface area is 97.0 Å². The molecule has 0 radical (unpaired) electrons. The van der Waals surface area contributed by atoms with Crippen molar-refractivity contribution < 1.29 is 9.53 Å². The molecule has 0 aliphatic heterocycles. The molecule has 0 aromatic heterocycles. The number of carbonyl (C=O) groups excluding carboxylic acids is 1. The molecular formula is C13H19NO2. The zero-order chi connectivity index (χ0) is 12.3. The summed E-state index contributed by atoms with van der Waals surface area (Å²) in [6.45, 7) is 6.26. The number of hydrogen-bond acceptors (Lipinski definition) is 2. The molecule has 1 aromatic carbocycles. The predicted molar refractivity (Wildman–Crippen MR) is 64.6 cm³/mol. The first-order valence-corrected chi connectivity index (χ1v) is 5.31. The van der Waals surface area contributed by atoms with E-state index in [4.69, 9.17) is 4.74 Å². The van der Waals surface area contributed by atoms with Gasteiger partial charge in [-0.3, -0.25) is 4.79 Å². The molecule has 0 saturated heterocycles. The molecule has 0 fully saturated rings. The number of carbonyl (C=O) groups is 1. The van der Waals surface area contributed by atoms with Crippen LogP contribution in [0.2, 0.25) is 0 Å². The highest BCUT2D eigenvalue weighted by molar-refractivity contribution is 5.72. The number of rotatable bonds is 3. The van der Waals surface area contributed by atoms with E-state index in [-0.39, 0.29) is 5.91 Å². The summed E-state index contributed by atoms with van der Waals surface area (Å²) in [4.78, 5) is 12.9. The Morgan fingerprint density at radius 2 is 1.94 bits per heavy atom. The van der Waals surface area contributed by atoms with E-state index in [0.29, 0.717) is 6.54 Å². The van der Waals surface area contributed by atoms with Crippen molar-refractivity contribution in [1.82, 2.24) is 4.90 Å². The fourth-order valence-electron chi connectivity index (χ4n) is 1.61. The van der Waals surface area contributed by atoms with Gasteiger partial charge in [-0.1, -0.05) is 6.07 Å². The van der Waals surface area contributed by atoms with Gasteiger partial charge in [-0.25, -0.2) is 0 Å². The van der Waals surface area contributed by atoms with Gasteiger partial charge in [0, 0.05) is 20.5 Å². The van der Waals surface area contributed by atoms with E-state index in [1.807, 2.05) is 19.9 Å². The van der Waals surface area contributed by atoms with E-state index in [2.05, 4.69) is 6.07 Å².